The predicted molar refractivity (Wildman–Crippen MR) is 147 cm³/mol. The van der Waals surface area contributed by atoms with Gasteiger partial charge >= 0.3 is 0 Å². The molecule has 2 aromatic heterocycles. The van der Waals surface area contributed by atoms with Crippen LogP contribution in [0, 0.1) is 17.6 Å². The molecule has 12 heteroatoms. The van der Waals surface area contributed by atoms with Crippen molar-refractivity contribution in [1.29, 1.82) is 0 Å². The number of nitrogens with zero attached hydrogens (tertiary/aromatic N) is 5. The molecule has 3 heterocycles. The molecule has 0 radical (unpaired) electrons. The Hall–Kier alpha value is -3.80. The van der Waals surface area contributed by atoms with Crippen LogP contribution < -0.4 is 10.4 Å². The van der Waals surface area contributed by atoms with Crippen LogP contribution in [-0.2, 0) is 11.2 Å². The minimum Gasteiger partial charge on any atom is -0.502 e. The highest BCUT2D eigenvalue weighted by Crippen LogP contribution is 2.43. The van der Waals surface area contributed by atoms with Gasteiger partial charge in [-0.1, -0.05) is 24.0 Å². The Morgan fingerprint density at radius 2 is 1.98 bits per heavy atom. The molecule has 212 valence electrons. The first-order chi connectivity index (χ1) is 19.1. The van der Waals surface area contributed by atoms with E-state index in [0.717, 1.165) is 48.5 Å². The molecule has 0 unspecified atom stereocenters. The maximum atomic E-state index is 14.2. The van der Waals surface area contributed by atoms with Gasteiger partial charge in [0, 0.05) is 38.7 Å². The number of allylic oxidation sites excluding steroid dienone is 1. The number of hydrogen-bond acceptors (Lipinski definition) is 8. The molecule has 0 saturated heterocycles. The van der Waals surface area contributed by atoms with E-state index >= 15 is 0 Å². The first kappa shape index (κ1) is 27.8. The van der Waals surface area contributed by atoms with Gasteiger partial charge in [-0.05, 0) is 50.2 Å². The van der Waals surface area contributed by atoms with Crippen molar-refractivity contribution >= 4 is 17.2 Å². The number of benzene rings is 1. The molecule has 1 spiro atoms. The van der Waals surface area contributed by atoms with Crippen molar-refractivity contribution in [2.75, 3.05) is 25.7 Å². The summed E-state index contributed by atoms with van der Waals surface area (Å²) in [5, 5.41) is 21.8. The number of rotatable bonds is 7. The van der Waals surface area contributed by atoms with E-state index in [0.29, 0.717) is 30.3 Å². The molecule has 3 aromatic rings. The molecule has 1 saturated carbocycles. The average molecular weight is 572 g/mol. The highest BCUT2D eigenvalue weighted by atomic mass is 32.1. The molecule has 40 heavy (non-hydrogen) atoms. The smallest absolute Gasteiger partial charge is 0.278 e. The van der Waals surface area contributed by atoms with Crippen molar-refractivity contribution in [1.82, 2.24) is 19.8 Å². The highest BCUT2D eigenvalue weighted by Gasteiger charge is 2.51. The number of carbonyl (C=O) groups is 1. The molecule has 1 aliphatic heterocycles. The normalized spacial score (nSPS) is 20.6. The average Bonchev–Trinajstić information content (AvgIpc) is 3.40. The van der Waals surface area contributed by atoms with Crippen LogP contribution in [0.15, 0.2) is 41.5 Å². The maximum absolute atomic E-state index is 14.2. The van der Waals surface area contributed by atoms with Crippen molar-refractivity contribution in [3.63, 3.8) is 0 Å². The van der Waals surface area contributed by atoms with Gasteiger partial charge in [-0.2, -0.15) is 0 Å². The first-order valence-corrected chi connectivity index (χ1v) is 13.9. The summed E-state index contributed by atoms with van der Waals surface area (Å²) in [5.74, 6) is -1.33. The number of carbonyl (C=O) groups excluding carboxylic acids is 1. The van der Waals surface area contributed by atoms with Gasteiger partial charge in [0.15, 0.2) is 16.5 Å². The number of aromatic hydroxyl groups is 1. The van der Waals surface area contributed by atoms with Gasteiger partial charge in [0.2, 0.25) is 5.43 Å². The van der Waals surface area contributed by atoms with E-state index in [9.17, 15) is 23.5 Å². The summed E-state index contributed by atoms with van der Waals surface area (Å²) in [5.41, 5.74) is -1.16. The monoisotopic (exact) mass is 571 g/mol. The van der Waals surface area contributed by atoms with Gasteiger partial charge in [-0.15, -0.1) is 10.2 Å². The van der Waals surface area contributed by atoms with Gasteiger partial charge in [-0.25, -0.2) is 8.78 Å². The molecule has 0 atom stereocenters. The first-order valence-electron chi connectivity index (χ1n) is 13.1. The number of halogens is 2. The number of fused-ring (bicyclic) bond motifs is 1. The number of amides is 1. The Kier molecular flexibility index (Phi) is 7.38. The Morgan fingerprint density at radius 3 is 2.62 bits per heavy atom. The number of pyridine rings is 1. The van der Waals surface area contributed by atoms with Crippen LogP contribution >= 0.6 is 11.3 Å². The SMILES string of the molecule is C=C(CC1CCC2(CC1)N(CC)C(=O)c1c(O)c(=O)c(-c3nnc(Cc4ccc(F)cc4F)s3)cn1N2C)OC. The molecule has 5 rings (SSSR count). The van der Waals surface area contributed by atoms with E-state index in [-0.39, 0.29) is 28.2 Å². The molecular formula is C28H31F2N5O4S. The van der Waals surface area contributed by atoms with Crippen LogP contribution in [0.4, 0.5) is 8.78 Å². The van der Waals surface area contributed by atoms with Crippen molar-refractivity contribution in [2.45, 2.75) is 51.1 Å². The van der Waals surface area contributed by atoms with Crippen LogP contribution in [0.3, 0.4) is 0 Å². The Morgan fingerprint density at radius 1 is 1.25 bits per heavy atom. The third-order valence-corrected chi connectivity index (χ3v) is 9.08. The van der Waals surface area contributed by atoms with E-state index in [1.807, 2.05) is 19.0 Å². The summed E-state index contributed by atoms with van der Waals surface area (Å²) in [6.45, 7) is 6.24. The Balaban J connectivity index is 1.50. The number of aromatic nitrogens is 3. The largest absolute Gasteiger partial charge is 0.502 e. The Bertz CT molecular complexity index is 1530. The lowest BCUT2D eigenvalue weighted by Crippen LogP contribution is -2.70. The maximum Gasteiger partial charge on any atom is 0.278 e. The molecule has 1 N–H and O–H groups in total. The molecule has 2 aliphatic rings. The van der Waals surface area contributed by atoms with Gasteiger partial charge in [-0.3, -0.25) is 19.3 Å². The molecule has 1 aliphatic carbocycles. The summed E-state index contributed by atoms with van der Waals surface area (Å²) in [6, 6.07) is 3.30. The van der Waals surface area contributed by atoms with Crippen LogP contribution in [-0.4, -0.2) is 57.2 Å². The fourth-order valence-electron chi connectivity index (χ4n) is 5.91. The number of methoxy groups -OCH3 is 1. The van der Waals surface area contributed by atoms with Gasteiger partial charge in [0.1, 0.15) is 22.3 Å². The second-order valence-corrected chi connectivity index (χ2v) is 11.3. The van der Waals surface area contributed by atoms with Crippen molar-refractivity contribution < 1.29 is 23.4 Å². The number of ether oxygens (including phenoxy) is 1. The van der Waals surface area contributed by atoms with Crippen molar-refractivity contribution in [3.8, 4) is 16.3 Å². The van der Waals surface area contributed by atoms with E-state index in [2.05, 4.69) is 16.8 Å². The Labute approximate surface area is 234 Å². The highest BCUT2D eigenvalue weighted by molar-refractivity contribution is 7.14. The minimum absolute atomic E-state index is 0.0612. The lowest BCUT2D eigenvalue weighted by Gasteiger charge is -2.56. The zero-order valence-corrected chi connectivity index (χ0v) is 23.4. The van der Waals surface area contributed by atoms with E-state index in [4.69, 9.17) is 4.74 Å². The van der Waals surface area contributed by atoms with E-state index in [1.165, 1.54) is 12.3 Å². The lowest BCUT2D eigenvalue weighted by molar-refractivity contribution is 0.00653. The fraction of sp³-hybridized carbons (Fsp3) is 0.429. The summed E-state index contributed by atoms with van der Waals surface area (Å²) in [4.78, 5) is 28.7. The minimum atomic E-state index is -0.738. The quantitative estimate of drug-likeness (QED) is 0.419. The third-order valence-electron chi connectivity index (χ3n) is 8.12. The van der Waals surface area contributed by atoms with Crippen LogP contribution in [0.1, 0.15) is 60.1 Å². The lowest BCUT2D eigenvalue weighted by atomic mass is 9.78. The molecular weight excluding hydrogens is 540 g/mol. The summed E-state index contributed by atoms with van der Waals surface area (Å²) in [7, 11) is 3.46. The zero-order valence-electron chi connectivity index (χ0n) is 22.6. The predicted octanol–water partition coefficient (Wildman–Crippen LogP) is 4.42. The standard InChI is InChI=1S/C28H31F2N5O4S/c1-5-34-27(38)23-25(37)24(36)20(26-32-31-22(40-26)13-18-6-7-19(29)14-21(18)30)15-35(23)33(3)28(34)10-8-17(9-11-28)12-16(2)39-4/h6-7,14-15,17,37H,2,5,8-13H2,1,3-4H3. The second-order valence-electron chi connectivity index (χ2n) is 10.3. The van der Waals surface area contributed by atoms with Gasteiger partial charge in [0.05, 0.1) is 18.4 Å². The molecule has 1 fully saturated rings. The summed E-state index contributed by atoms with van der Waals surface area (Å²) in [6.07, 6.45) is 5.43. The molecule has 1 aromatic carbocycles. The summed E-state index contributed by atoms with van der Waals surface area (Å²) < 4.78 is 34.3. The second kappa shape index (κ2) is 10.6. The van der Waals surface area contributed by atoms with Gasteiger partial charge < -0.3 is 14.7 Å². The van der Waals surface area contributed by atoms with E-state index < -0.39 is 34.4 Å². The number of hydrogen-bond donors (Lipinski definition) is 1. The molecule has 1 amide bonds. The molecule has 0 bridgehead atoms. The van der Waals surface area contributed by atoms with Crippen LogP contribution in [0.5, 0.6) is 5.75 Å². The van der Waals surface area contributed by atoms with Crippen molar-refractivity contribution in [2.24, 2.45) is 5.92 Å². The molecule has 9 nitrogen and oxygen atoms in total. The van der Waals surface area contributed by atoms with Gasteiger partial charge in [0.25, 0.3) is 5.91 Å². The zero-order chi connectivity index (χ0) is 28.8. The van der Waals surface area contributed by atoms with Crippen LogP contribution in [0.25, 0.3) is 10.6 Å². The van der Waals surface area contributed by atoms with Crippen molar-refractivity contribution in [3.05, 3.63) is 74.9 Å². The third kappa shape index (κ3) is 4.63. The fourth-order valence-corrected chi connectivity index (χ4v) is 6.78. The topological polar surface area (TPSA) is 101 Å². The van der Waals surface area contributed by atoms with E-state index in [1.54, 1.807) is 16.7 Å². The summed E-state index contributed by atoms with van der Waals surface area (Å²) >= 11 is 1.07. The van der Waals surface area contributed by atoms with Crippen LogP contribution in [0.2, 0.25) is 0 Å².